The van der Waals surface area contributed by atoms with Gasteiger partial charge < -0.3 is 24.3 Å². The first-order valence-corrected chi connectivity index (χ1v) is 11.9. The summed E-state index contributed by atoms with van der Waals surface area (Å²) < 4.78 is 23.1. The molecule has 192 valence electrons. The normalized spacial score (nSPS) is 10.6. The summed E-state index contributed by atoms with van der Waals surface area (Å²) in [5.74, 6) is 2.26. The summed E-state index contributed by atoms with van der Waals surface area (Å²) in [4.78, 5) is 13.3. The highest BCUT2D eigenvalue weighted by Crippen LogP contribution is 2.34. The number of nitrogens with one attached hydrogen (secondary N) is 1. The van der Waals surface area contributed by atoms with Crippen LogP contribution in [0, 0.1) is 0 Å². The van der Waals surface area contributed by atoms with E-state index in [0.29, 0.717) is 58.1 Å². The monoisotopic (exact) mass is 521 g/mol. The van der Waals surface area contributed by atoms with Crippen molar-refractivity contribution in [1.82, 2.24) is 15.1 Å². The van der Waals surface area contributed by atoms with Crippen molar-refractivity contribution in [1.29, 1.82) is 0 Å². The topological polar surface area (TPSA) is 83.8 Å². The van der Waals surface area contributed by atoms with Gasteiger partial charge in [0.15, 0.2) is 11.5 Å². The number of halogens is 1. The number of hydrogen-bond donors (Lipinski definition) is 1. The summed E-state index contributed by atoms with van der Waals surface area (Å²) >= 11 is 6.23. The number of methoxy groups -OCH3 is 4. The van der Waals surface area contributed by atoms with Crippen molar-refractivity contribution in [3.8, 4) is 39.9 Å². The Morgan fingerprint density at radius 2 is 1.65 bits per heavy atom. The van der Waals surface area contributed by atoms with Crippen LogP contribution in [0.3, 0.4) is 0 Å². The van der Waals surface area contributed by atoms with Crippen LogP contribution in [-0.2, 0) is 6.42 Å². The second-order valence-corrected chi connectivity index (χ2v) is 8.50. The molecule has 3 aromatic carbocycles. The molecule has 0 unspecified atom stereocenters. The van der Waals surface area contributed by atoms with Gasteiger partial charge in [0.25, 0.3) is 5.91 Å². The molecule has 8 nitrogen and oxygen atoms in total. The first-order chi connectivity index (χ1) is 18.0. The average Bonchev–Trinajstić information content (AvgIpc) is 3.38. The van der Waals surface area contributed by atoms with Crippen molar-refractivity contribution in [3.63, 3.8) is 0 Å². The maximum Gasteiger partial charge on any atom is 0.270 e. The van der Waals surface area contributed by atoms with Crippen LogP contribution in [0.1, 0.15) is 16.1 Å². The number of rotatable bonds is 10. The molecule has 0 fully saturated rings. The molecular formula is C28H28ClN3O5. The Morgan fingerprint density at radius 3 is 2.35 bits per heavy atom. The molecule has 9 heteroatoms. The summed E-state index contributed by atoms with van der Waals surface area (Å²) in [5.41, 5.74) is 3.33. The number of nitrogens with zero attached hydrogens (tertiary/aromatic N) is 2. The second kappa shape index (κ2) is 11.7. The number of amides is 1. The van der Waals surface area contributed by atoms with E-state index in [9.17, 15) is 4.79 Å². The standard InChI is InChI=1S/C28H28ClN3O5/c1-34-21-9-10-22(26(16-21)36-3)23-17-24(32(31-23)20-7-5-6-19(29)15-20)28(33)30-13-12-18-8-11-25(35-2)27(14-18)37-4/h5-11,14-17H,12-13H2,1-4H3,(H,30,33). The van der Waals surface area contributed by atoms with E-state index in [1.54, 1.807) is 57.4 Å². The van der Waals surface area contributed by atoms with Crippen LogP contribution in [-0.4, -0.2) is 50.7 Å². The molecule has 1 aromatic heterocycles. The van der Waals surface area contributed by atoms with Crippen molar-refractivity contribution in [2.75, 3.05) is 35.0 Å². The van der Waals surface area contributed by atoms with Gasteiger partial charge >= 0.3 is 0 Å². The van der Waals surface area contributed by atoms with Gasteiger partial charge in [-0.2, -0.15) is 5.10 Å². The van der Waals surface area contributed by atoms with Gasteiger partial charge in [-0.1, -0.05) is 23.7 Å². The fraction of sp³-hybridized carbons (Fsp3) is 0.214. The van der Waals surface area contributed by atoms with Crippen LogP contribution in [0.5, 0.6) is 23.0 Å². The quantitative estimate of drug-likeness (QED) is 0.309. The van der Waals surface area contributed by atoms with Crippen LogP contribution >= 0.6 is 11.6 Å². The largest absolute Gasteiger partial charge is 0.497 e. The van der Waals surface area contributed by atoms with E-state index in [4.69, 9.17) is 35.6 Å². The predicted molar refractivity (Wildman–Crippen MR) is 143 cm³/mol. The van der Waals surface area contributed by atoms with Crippen LogP contribution in [0.25, 0.3) is 16.9 Å². The highest BCUT2D eigenvalue weighted by molar-refractivity contribution is 6.30. The van der Waals surface area contributed by atoms with Gasteiger partial charge in [-0.15, -0.1) is 0 Å². The van der Waals surface area contributed by atoms with Crippen molar-refractivity contribution < 1.29 is 23.7 Å². The van der Waals surface area contributed by atoms with Gasteiger partial charge in [0.05, 0.1) is 39.8 Å². The summed E-state index contributed by atoms with van der Waals surface area (Å²) in [6.07, 6.45) is 0.608. The van der Waals surface area contributed by atoms with Crippen LogP contribution in [0.15, 0.2) is 66.7 Å². The molecule has 0 bridgehead atoms. The minimum absolute atomic E-state index is 0.272. The van der Waals surface area contributed by atoms with Gasteiger partial charge in [-0.25, -0.2) is 4.68 Å². The van der Waals surface area contributed by atoms with E-state index in [2.05, 4.69) is 5.32 Å². The molecule has 1 amide bonds. The van der Waals surface area contributed by atoms with E-state index in [1.807, 2.05) is 42.5 Å². The van der Waals surface area contributed by atoms with E-state index in [1.165, 1.54) is 0 Å². The second-order valence-electron chi connectivity index (χ2n) is 8.07. The number of carbonyl (C=O) groups excluding carboxylic acids is 1. The Kier molecular flexibility index (Phi) is 8.20. The molecule has 4 aromatic rings. The number of aromatic nitrogens is 2. The maximum atomic E-state index is 13.3. The molecule has 0 aliphatic rings. The van der Waals surface area contributed by atoms with Crippen LogP contribution in [0.2, 0.25) is 5.02 Å². The Balaban J connectivity index is 1.62. The Hall–Kier alpha value is -4.17. The lowest BCUT2D eigenvalue weighted by atomic mass is 10.1. The summed E-state index contributed by atoms with van der Waals surface area (Å²) in [6, 6.07) is 20.0. The zero-order valence-corrected chi connectivity index (χ0v) is 21.8. The third-order valence-electron chi connectivity index (χ3n) is 5.83. The van der Waals surface area contributed by atoms with E-state index < -0.39 is 0 Å². The molecule has 0 atom stereocenters. The first-order valence-electron chi connectivity index (χ1n) is 11.5. The Labute approximate surface area is 220 Å². The fourth-order valence-corrected chi connectivity index (χ4v) is 4.12. The fourth-order valence-electron chi connectivity index (χ4n) is 3.94. The predicted octanol–water partition coefficient (Wildman–Crippen LogP) is 5.20. The lowest BCUT2D eigenvalue weighted by Crippen LogP contribution is -2.27. The van der Waals surface area contributed by atoms with Gasteiger partial charge in [0, 0.05) is 23.2 Å². The smallest absolute Gasteiger partial charge is 0.270 e. The summed E-state index contributed by atoms with van der Waals surface area (Å²) in [5, 5.41) is 8.26. The number of hydrogen-bond acceptors (Lipinski definition) is 6. The first kappa shape index (κ1) is 25.9. The van der Waals surface area contributed by atoms with Crippen molar-refractivity contribution in [2.45, 2.75) is 6.42 Å². The molecule has 0 saturated carbocycles. The molecule has 0 radical (unpaired) electrons. The zero-order valence-electron chi connectivity index (χ0n) is 21.1. The third kappa shape index (κ3) is 5.81. The van der Waals surface area contributed by atoms with Crippen LogP contribution in [0.4, 0.5) is 0 Å². The molecule has 37 heavy (non-hydrogen) atoms. The number of carbonyl (C=O) groups is 1. The molecule has 0 aliphatic carbocycles. The molecule has 0 spiro atoms. The number of ether oxygens (including phenoxy) is 4. The highest BCUT2D eigenvalue weighted by Gasteiger charge is 2.20. The van der Waals surface area contributed by atoms with Gasteiger partial charge in [0.1, 0.15) is 17.2 Å². The zero-order chi connectivity index (χ0) is 26.4. The molecule has 1 N–H and O–H groups in total. The maximum absolute atomic E-state index is 13.3. The molecule has 0 saturated heterocycles. The molecule has 4 rings (SSSR count). The SMILES string of the molecule is COc1ccc(-c2cc(C(=O)NCCc3ccc(OC)c(OC)c3)n(-c3cccc(Cl)c3)n2)c(OC)c1. The lowest BCUT2D eigenvalue weighted by Gasteiger charge is -2.11. The van der Waals surface area contributed by atoms with E-state index in [-0.39, 0.29) is 5.91 Å². The Morgan fingerprint density at radius 1 is 0.865 bits per heavy atom. The summed E-state index contributed by atoms with van der Waals surface area (Å²) in [7, 11) is 6.35. The minimum Gasteiger partial charge on any atom is -0.497 e. The summed E-state index contributed by atoms with van der Waals surface area (Å²) in [6.45, 7) is 0.413. The average molecular weight is 522 g/mol. The van der Waals surface area contributed by atoms with Gasteiger partial charge in [-0.05, 0) is 60.5 Å². The van der Waals surface area contributed by atoms with E-state index >= 15 is 0 Å². The van der Waals surface area contributed by atoms with Crippen molar-refractivity contribution in [3.05, 3.63) is 83.0 Å². The Bertz CT molecular complexity index is 1400. The van der Waals surface area contributed by atoms with E-state index in [0.717, 1.165) is 11.1 Å². The van der Waals surface area contributed by atoms with Crippen LogP contribution < -0.4 is 24.3 Å². The third-order valence-corrected chi connectivity index (χ3v) is 6.06. The van der Waals surface area contributed by atoms with Crippen molar-refractivity contribution in [2.24, 2.45) is 0 Å². The molecular weight excluding hydrogens is 494 g/mol. The molecule has 1 heterocycles. The van der Waals surface area contributed by atoms with Crippen molar-refractivity contribution >= 4 is 17.5 Å². The lowest BCUT2D eigenvalue weighted by molar-refractivity contribution is 0.0946. The van der Waals surface area contributed by atoms with Gasteiger partial charge in [-0.3, -0.25) is 4.79 Å². The minimum atomic E-state index is -0.272. The number of benzene rings is 3. The van der Waals surface area contributed by atoms with Gasteiger partial charge in [0.2, 0.25) is 0 Å². The highest BCUT2D eigenvalue weighted by atomic mass is 35.5. The molecule has 0 aliphatic heterocycles.